The molecule has 2 unspecified atom stereocenters. The molecule has 0 fully saturated rings. The van der Waals surface area contributed by atoms with Gasteiger partial charge in [-0.1, -0.05) is 0 Å². The fourth-order valence-electron chi connectivity index (χ4n) is 0.261. The van der Waals surface area contributed by atoms with Gasteiger partial charge in [-0.05, 0) is 6.92 Å². The Morgan fingerprint density at radius 1 is 1.45 bits per heavy atom. The number of rotatable bonds is 3. The molecule has 0 radical (unpaired) electrons. The maximum atomic E-state index is 11.8. The van der Waals surface area contributed by atoms with E-state index in [4.69, 9.17) is 5.11 Å². The Hall–Kier alpha value is -0.780. The van der Waals surface area contributed by atoms with Gasteiger partial charge in [-0.2, -0.15) is 4.39 Å². The molecule has 0 saturated carbocycles. The maximum absolute atomic E-state index is 11.8. The molecule has 2 atom stereocenters. The Balaban J connectivity index is 3.76. The molecule has 0 saturated heterocycles. The van der Waals surface area contributed by atoms with Crippen molar-refractivity contribution in [3.8, 4) is 0 Å². The second kappa shape index (κ2) is 4.17. The monoisotopic (exact) mass is 172 g/mol. The molecule has 0 aromatic heterocycles. The van der Waals surface area contributed by atoms with Crippen LogP contribution < -0.4 is 0 Å². The summed E-state index contributed by atoms with van der Waals surface area (Å²) in [6, 6.07) is 0. The van der Waals surface area contributed by atoms with Gasteiger partial charge in [0.1, 0.15) is 6.10 Å². The molecule has 66 valence electrons. The Labute approximate surface area is 60.8 Å². The highest BCUT2D eigenvalue weighted by atomic mass is 19.3. The lowest BCUT2D eigenvalue weighted by Crippen LogP contribution is -2.27. The fraction of sp³-hybridized carbons (Fsp3) is 0.800. The summed E-state index contributed by atoms with van der Waals surface area (Å²) in [4.78, 5) is 10.2. The molecule has 1 N–H and O–H groups in total. The molecule has 0 rings (SSSR count). The number of ether oxygens (including phenoxy) is 1. The van der Waals surface area contributed by atoms with E-state index in [1.807, 2.05) is 0 Å². The van der Waals surface area contributed by atoms with Crippen molar-refractivity contribution < 1.29 is 27.8 Å². The molecule has 0 bridgehead atoms. The molecule has 0 heterocycles. The van der Waals surface area contributed by atoms with Crippen LogP contribution in [0.3, 0.4) is 0 Å². The lowest BCUT2D eigenvalue weighted by molar-refractivity contribution is -0.182. The SMILES string of the molecule is CC(O)C(=O)OC(F)C(F)F. The van der Waals surface area contributed by atoms with Crippen molar-refractivity contribution in [1.82, 2.24) is 0 Å². The summed E-state index contributed by atoms with van der Waals surface area (Å²) < 4.78 is 37.9. The predicted molar refractivity (Wildman–Crippen MR) is 28.7 cm³/mol. The Morgan fingerprint density at radius 2 is 1.91 bits per heavy atom. The summed E-state index contributed by atoms with van der Waals surface area (Å²) in [5, 5.41) is 8.37. The molecule has 0 spiro atoms. The van der Waals surface area contributed by atoms with Gasteiger partial charge in [0.25, 0.3) is 0 Å². The minimum Gasteiger partial charge on any atom is -0.423 e. The van der Waals surface area contributed by atoms with E-state index in [9.17, 15) is 18.0 Å². The smallest absolute Gasteiger partial charge is 0.337 e. The van der Waals surface area contributed by atoms with E-state index < -0.39 is 24.9 Å². The third kappa shape index (κ3) is 3.82. The van der Waals surface area contributed by atoms with Gasteiger partial charge in [0.2, 0.25) is 0 Å². The highest BCUT2D eigenvalue weighted by Gasteiger charge is 2.25. The number of hydrogen-bond acceptors (Lipinski definition) is 3. The van der Waals surface area contributed by atoms with E-state index in [2.05, 4.69) is 4.74 Å². The van der Waals surface area contributed by atoms with E-state index >= 15 is 0 Å². The van der Waals surface area contributed by atoms with Crippen molar-refractivity contribution in [1.29, 1.82) is 0 Å². The predicted octanol–water partition coefficient (Wildman–Crippen LogP) is 0.471. The van der Waals surface area contributed by atoms with Gasteiger partial charge in [0, 0.05) is 0 Å². The van der Waals surface area contributed by atoms with Crippen molar-refractivity contribution in [3.63, 3.8) is 0 Å². The number of aliphatic hydroxyl groups is 1. The van der Waals surface area contributed by atoms with Crippen LogP contribution in [0.4, 0.5) is 13.2 Å². The van der Waals surface area contributed by atoms with Crippen LogP contribution in [0.5, 0.6) is 0 Å². The quantitative estimate of drug-likeness (QED) is 0.629. The number of carbonyl (C=O) groups is 1. The summed E-state index contributed by atoms with van der Waals surface area (Å²) in [7, 11) is 0. The first kappa shape index (κ1) is 10.2. The van der Waals surface area contributed by atoms with Gasteiger partial charge in [0.05, 0.1) is 0 Å². The number of aliphatic hydroxyl groups excluding tert-OH is 1. The zero-order valence-electron chi connectivity index (χ0n) is 5.63. The molecule has 0 aliphatic heterocycles. The van der Waals surface area contributed by atoms with Crippen LogP contribution in [0.2, 0.25) is 0 Å². The van der Waals surface area contributed by atoms with Crippen molar-refractivity contribution >= 4 is 5.97 Å². The number of halogens is 3. The normalized spacial score (nSPS) is 16.2. The van der Waals surface area contributed by atoms with E-state index in [0.717, 1.165) is 6.92 Å². The summed E-state index contributed by atoms with van der Waals surface area (Å²) in [5.41, 5.74) is 0. The number of esters is 1. The first-order valence-electron chi connectivity index (χ1n) is 2.76. The lowest BCUT2D eigenvalue weighted by Gasteiger charge is -2.09. The van der Waals surface area contributed by atoms with Gasteiger partial charge in [-0.15, -0.1) is 0 Å². The molecule has 0 aliphatic rings. The van der Waals surface area contributed by atoms with Gasteiger partial charge in [-0.25, -0.2) is 13.6 Å². The molecule has 0 amide bonds. The van der Waals surface area contributed by atoms with E-state index in [1.54, 1.807) is 0 Å². The van der Waals surface area contributed by atoms with Crippen LogP contribution in [0.25, 0.3) is 0 Å². The van der Waals surface area contributed by atoms with Gasteiger partial charge < -0.3 is 9.84 Å². The van der Waals surface area contributed by atoms with Crippen molar-refractivity contribution in [2.75, 3.05) is 0 Å². The third-order valence-electron chi connectivity index (χ3n) is 0.768. The lowest BCUT2D eigenvalue weighted by atomic mass is 10.4. The largest absolute Gasteiger partial charge is 0.423 e. The number of carbonyl (C=O) groups excluding carboxylic acids is 1. The van der Waals surface area contributed by atoms with E-state index in [1.165, 1.54) is 0 Å². The fourth-order valence-corrected chi connectivity index (χ4v) is 0.261. The van der Waals surface area contributed by atoms with Crippen LogP contribution in [-0.4, -0.2) is 30.0 Å². The Kier molecular flexibility index (Phi) is 3.88. The second-order valence-electron chi connectivity index (χ2n) is 1.80. The van der Waals surface area contributed by atoms with Crippen LogP contribution >= 0.6 is 0 Å². The highest BCUT2D eigenvalue weighted by molar-refractivity contribution is 5.73. The molecule has 0 aromatic carbocycles. The summed E-state index contributed by atoms with van der Waals surface area (Å²) in [5.74, 6) is -1.40. The zero-order chi connectivity index (χ0) is 9.02. The van der Waals surface area contributed by atoms with Crippen molar-refractivity contribution in [2.45, 2.75) is 25.8 Å². The van der Waals surface area contributed by atoms with Gasteiger partial charge in [-0.3, -0.25) is 0 Å². The van der Waals surface area contributed by atoms with Gasteiger partial charge in [0.15, 0.2) is 0 Å². The van der Waals surface area contributed by atoms with Gasteiger partial charge >= 0.3 is 18.8 Å². The topological polar surface area (TPSA) is 46.5 Å². The minimum absolute atomic E-state index is 0.987. The zero-order valence-corrected chi connectivity index (χ0v) is 5.63. The third-order valence-corrected chi connectivity index (χ3v) is 0.768. The molecule has 0 aromatic rings. The minimum atomic E-state index is -3.38. The van der Waals surface area contributed by atoms with Crippen LogP contribution in [0, 0.1) is 0 Å². The highest BCUT2D eigenvalue weighted by Crippen LogP contribution is 2.07. The summed E-state index contributed by atoms with van der Waals surface area (Å²) in [6.07, 6.45) is -7.93. The summed E-state index contributed by atoms with van der Waals surface area (Å²) in [6.45, 7) is 0.987. The molecule has 6 heteroatoms. The first-order valence-corrected chi connectivity index (χ1v) is 2.76. The number of alkyl halides is 3. The Morgan fingerprint density at radius 3 is 2.18 bits per heavy atom. The summed E-state index contributed by atoms with van der Waals surface area (Å²) >= 11 is 0. The molecular formula is C5H7F3O3. The second-order valence-corrected chi connectivity index (χ2v) is 1.80. The van der Waals surface area contributed by atoms with Crippen LogP contribution in [0.1, 0.15) is 6.92 Å². The average Bonchev–Trinajstić information content (AvgIpc) is 1.87. The van der Waals surface area contributed by atoms with E-state index in [0.29, 0.717) is 0 Å². The standard InChI is InChI=1S/C5H7F3O3/c1-2(9)5(10)11-4(8)3(6)7/h2-4,9H,1H3. The molecule has 3 nitrogen and oxygen atoms in total. The van der Waals surface area contributed by atoms with E-state index in [-0.39, 0.29) is 0 Å². The van der Waals surface area contributed by atoms with Crippen LogP contribution in [0.15, 0.2) is 0 Å². The van der Waals surface area contributed by atoms with Crippen LogP contribution in [-0.2, 0) is 9.53 Å². The Bertz CT molecular complexity index is 137. The first-order chi connectivity index (χ1) is 4.95. The van der Waals surface area contributed by atoms with Crippen molar-refractivity contribution in [3.05, 3.63) is 0 Å². The molecular weight excluding hydrogens is 165 g/mol. The number of hydrogen-bond donors (Lipinski definition) is 1. The molecule has 11 heavy (non-hydrogen) atoms. The van der Waals surface area contributed by atoms with Crippen molar-refractivity contribution in [2.24, 2.45) is 0 Å². The maximum Gasteiger partial charge on any atom is 0.337 e. The average molecular weight is 172 g/mol. The molecule has 0 aliphatic carbocycles.